The van der Waals surface area contributed by atoms with E-state index >= 15 is 0 Å². The summed E-state index contributed by atoms with van der Waals surface area (Å²) in [4.78, 5) is 20.3. The lowest BCUT2D eigenvalue weighted by atomic mass is 9.74. The highest BCUT2D eigenvalue weighted by atomic mass is 35.5. The molecule has 0 N–H and O–H groups in total. The van der Waals surface area contributed by atoms with Gasteiger partial charge in [0.15, 0.2) is 0 Å². The minimum Gasteiger partial charge on any atom is -0.309 e. The second-order valence-corrected chi connectivity index (χ2v) is 12.8. The first-order chi connectivity index (χ1) is 17.2. The molecule has 0 bridgehead atoms. The van der Waals surface area contributed by atoms with Crippen LogP contribution >= 0.6 is 23.2 Å². The number of hydrogen-bond donors (Lipinski definition) is 0. The highest BCUT2D eigenvalue weighted by molar-refractivity contribution is 7.89. The van der Waals surface area contributed by atoms with E-state index in [9.17, 15) is 18.5 Å². The average Bonchev–Trinajstić information content (AvgIpc) is 3.55. The number of fused-ring (bicyclic) bond motifs is 3. The molecule has 1 saturated carbocycles. The number of carbonyl (C=O) groups excluding carboxylic acids is 1. The fourth-order valence-corrected chi connectivity index (χ4v) is 8.05. The van der Waals surface area contributed by atoms with Crippen LogP contribution in [-0.2, 0) is 26.8 Å². The summed E-state index contributed by atoms with van der Waals surface area (Å²) < 4.78 is 28.4. The van der Waals surface area contributed by atoms with Gasteiger partial charge in [0.05, 0.1) is 39.6 Å². The number of rotatable bonds is 4. The summed E-state index contributed by atoms with van der Waals surface area (Å²) >= 11 is 12.9. The highest BCUT2D eigenvalue weighted by Gasteiger charge is 2.56. The normalized spacial score (nSPS) is 23.1. The highest BCUT2D eigenvalue weighted by Crippen LogP contribution is 2.49. The van der Waals surface area contributed by atoms with Crippen molar-refractivity contribution in [2.75, 3.05) is 23.7 Å². The molecule has 184 valence electrons. The van der Waals surface area contributed by atoms with E-state index in [0.717, 1.165) is 21.9 Å². The number of nitriles is 1. The molecule has 3 aromatic rings. The van der Waals surface area contributed by atoms with E-state index in [2.05, 4.69) is 11.1 Å². The molecule has 2 fully saturated rings. The maximum atomic E-state index is 14.3. The van der Waals surface area contributed by atoms with E-state index in [0.29, 0.717) is 41.5 Å². The number of sulfonamides is 1. The molecule has 3 heterocycles. The molecule has 1 amide bonds. The first-order valence-electron chi connectivity index (χ1n) is 11.7. The molecule has 1 saturated heterocycles. The van der Waals surface area contributed by atoms with Gasteiger partial charge >= 0.3 is 0 Å². The van der Waals surface area contributed by atoms with Crippen molar-refractivity contribution in [2.45, 2.75) is 31.2 Å². The van der Waals surface area contributed by atoms with Crippen LogP contribution < -0.4 is 4.90 Å². The number of hydrogen-bond acceptors (Lipinski definition) is 5. The standard InChI is InChI=1S/C26H22Cl2N4O3S/c27-19-5-4-18-13-31(36(34,35)16-25(14-29)6-7-25)15-26(20(18)10-19)8-9-32(24(26)33)22-12-30-11-17-2-1-3-21(28)23(17)22/h1-5,10-12H,6-9,13,15-16H2. The van der Waals surface area contributed by atoms with Crippen molar-refractivity contribution in [1.29, 1.82) is 5.26 Å². The summed E-state index contributed by atoms with van der Waals surface area (Å²) in [5.41, 5.74) is 0.196. The maximum Gasteiger partial charge on any atom is 0.239 e. The fraction of sp³-hybridized carbons (Fsp3) is 0.346. The minimum atomic E-state index is -3.78. The summed E-state index contributed by atoms with van der Waals surface area (Å²) in [6.07, 6.45) is 4.90. The monoisotopic (exact) mass is 540 g/mol. The van der Waals surface area contributed by atoms with Crippen LogP contribution in [0.3, 0.4) is 0 Å². The molecule has 3 aliphatic rings. The quantitative estimate of drug-likeness (QED) is 0.479. The smallest absolute Gasteiger partial charge is 0.239 e. The summed E-state index contributed by atoms with van der Waals surface area (Å²) in [7, 11) is -3.78. The molecule has 1 aliphatic carbocycles. The summed E-state index contributed by atoms with van der Waals surface area (Å²) in [5.74, 6) is -0.433. The Morgan fingerprint density at radius 1 is 1.11 bits per heavy atom. The molecule has 1 atom stereocenters. The third kappa shape index (κ3) is 3.60. The van der Waals surface area contributed by atoms with Crippen molar-refractivity contribution in [2.24, 2.45) is 5.41 Å². The van der Waals surface area contributed by atoms with E-state index in [1.807, 2.05) is 12.1 Å². The Kier molecular flexibility index (Phi) is 5.36. The zero-order chi connectivity index (χ0) is 25.3. The lowest BCUT2D eigenvalue weighted by molar-refractivity contribution is -0.122. The number of aromatic nitrogens is 1. The van der Waals surface area contributed by atoms with Gasteiger partial charge in [0, 0.05) is 41.6 Å². The van der Waals surface area contributed by atoms with Crippen LogP contribution in [0.1, 0.15) is 30.4 Å². The lowest BCUT2D eigenvalue weighted by Gasteiger charge is -2.40. The van der Waals surface area contributed by atoms with Crippen LogP contribution in [0.25, 0.3) is 10.8 Å². The maximum absolute atomic E-state index is 14.3. The SMILES string of the molecule is N#CC1(CS(=O)(=O)N2Cc3ccc(Cl)cc3C3(CCN(c4cncc5cccc(Cl)c45)C3=O)C2)CC1. The van der Waals surface area contributed by atoms with Crippen molar-refractivity contribution < 1.29 is 13.2 Å². The summed E-state index contributed by atoms with van der Waals surface area (Å²) in [6.45, 7) is 0.533. The van der Waals surface area contributed by atoms with Crippen molar-refractivity contribution in [3.63, 3.8) is 0 Å². The molecule has 7 nitrogen and oxygen atoms in total. The van der Waals surface area contributed by atoms with Gasteiger partial charge in [0.1, 0.15) is 0 Å². The number of anilines is 1. The van der Waals surface area contributed by atoms with Crippen LogP contribution in [0, 0.1) is 16.7 Å². The third-order valence-corrected chi connectivity index (χ3v) is 10.3. The first-order valence-corrected chi connectivity index (χ1v) is 14.1. The van der Waals surface area contributed by atoms with Gasteiger partial charge in [-0.25, -0.2) is 8.42 Å². The van der Waals surface area contributed by atoms with Gasteiger partial charge in [-0.2, -0.15) is 9.57 Å². The number of pyridine rings is 1. The molecule has 1 spiro atoms. The molecule has 36 heavy (non-hydrogen) atoms. The van der Waals surface area contributed by atoms with Crippen LogP contribution in [0.2, 0.25) is 10.0 Å². The van der Waals surface area contributed by atoms with Crippen LogP contribution in [0.4, 0.5) is 5.69 Å². The predicted molar refractivity (Wildman–Crippen MR) is 138 cm³/mol. The van der Waals surface area contributed by atoms with E-state index < -0.39 is 20.9 Å². The van der Waals surface area contributed by atoms with Gasteiger partial charge in [0.25, 0.3) is 0 Å². The molecule has 10 heteroatoms. The van der Waals surface area contributed by atoms with Gasteiger partial charge in [-0.05, 0) is 48.6 Å². The van der Waals surface area contributed by atoms with Crippen LogP contribution in [0.5, 0.6) is 0 Å². The lowest BCUT2D eigenvalue weighted by Crippen LogP contribution is -2.53. The molecule has 1 aromatic heterocycles. The van der Waals surface area contributed by atoms with Gasteiger partial charge in [0.2, 0.25) is 15.9 Å². The average molecular weight is 541 g/mol. The van der Waals surface area contributed by atoms with Crippen molar-refractivity contribution in [3.8, 4) is 6.07 Å². The molecule has 2 aliphatic heterocycles. The summed E-state index contributed by atoms with van der Waals surface area (Å²) in [6, 6.07) is 13.0. The summed E-state index contributed by atoms with van der Waals surface area (Å²) in [5, 5.41) is 12.1. The van der Waals surface area contributed by atoms with E-state index in [1.165, 1.54) is 4.31 Å². The molecule has 1 unspecified atom stereocenters. The number of amides is 1. The Bertz CT molecular complexity index is 1580. The zero-order valence-electron chi connectivity index (χ0n) is 19.2. The molecule has 2 aromatic carbocycles. The Labute approximate surface area is 219 Å². The third-order valence-electron chi connectivity index (χ3n) is 7.74. The van der Waals surface area contributed by atoms with Crippen molar-refractivity contribution in [3.05, 3.63) is 70.0 Å². The number of nitrogens with zero attached hydrogens (tertiary/aromatic N) is 4. The van der Waals surface area contributed by atoms with Crippen molar-refractivity contribution in [1.82, 2.24) is 9.29 Å². The minimum absolute atomic E-state index is 0.00540. The zero-order valence-corrected chi connectivity index (χ0v) is 21.6. The Balaban J connectivity index is 1.45. The predicted octanol–water partition coefficient (Wildman–Crippen LogP) is 4.67. The molecule has 6 rings (SSSR count). The van der Waals surface area contributed by atoms with Crippen LogP contribution in [-0.4, -0.2) is 42.5 Å². The van der Waals surface area contributed by atoms with Crippen molar-refractivity contribution >= 4 is 55.6 Å². The van der Waals surface area contributed by atoms with Gasteiger partial charge in [-0.3, -0.25) is 9.78 Å². The number of benzene rings is 2. The van der Waals surface area contributed by atoms with Gasteiger partial charge in [-0.15, -0.1) is 0 Å². The Hall–Kier alpha value is -2.70. The van der Waals surface area contributed by atoms with E-state index in [-0.39, 0.29) is 24.7 Å². The Morgan fingerprint density at radius 2 is 1.92 bits per heavy atom. The topological polar surface area (TPSA) is 94.4 Å². The fourth-order valence-electron chi connectivity index (χ4n) is 5.61. The number of carbonyl (C=O) groups is 1. The largest absolute Gasteiger partial charge is 0.309 e. The van der Waals surface area contributed by atoms with Crippen LogP contribution in [0.15, 0.2) is 48.8 Å². The second kappa shape index (κ2) is 8.15. The number of halogens is 2. The molecular weight excluding hydrogens is 519 g/mol. The van der Waals surface area contributed by atoms with E-state index in [4.69, 9.17) is 23.2 Å². The first kappa shape index (κ1) is 23.7. The second-order valence-electron chi connectivity index (χ2n) is 10.0. The molecular formula is C26H22Cl2N4O3S. The van der Waals surface area contributed by atoms with Gasteiger partial charge in [-0.1, -0.05) is 41.4 Å². The van der Waals surface area contributed by atoms with E-state index in [1.54, 1.807) is 41.6 Å². The molecule has 0 radical (unpaired) electrons. The Morgan fingerprint density at radius 3 is 2.67 bits per heavy atom. The van der Waals surface area contributed by atoms with Gasteiger partial charge < -0.3 is 4.90 Å².